The molecule has 0 unspecified atom stereocenters. The quantitative estimate of drug-likeness (QED) is 0.568. The molecule has 2 fully saturated rings. The van der Waals surface area contributed by atoms with Gasteiger partial charge in [0.1, 0.15) is 0 Å². The molecule has 2 rings (SSSR count). The van der Waals surface area contributed by atoms with E-state index < -0.39 is 0 Å². The summed E-state index contributed by atoms with van der Waals surface area (Å²) in [5.74, 6) is 0.101. The lowest BCUT2D eigenvalue weighted by Gasteiger charge is -2.35. The molecule has 0 spiro atoms. The van der Waals surface area contributed by atoms with E-state index in [1.54, 1.807) is 0 Å². The number of β-amino-alcohol motifs (C(OH)–C–C–N with tert-alkyl or cyclic N) is 1. The number of carbonyl (C=O) groups excluding carboxylic acids is 1. The number of nitrogens with zero attached hydrogens (tertiary/aromatic N) is 1. The van der Waals surface area contributed by atoms with Crippen molar-refractivity contribution in [1.29, 1.82) is 0 Å². The predicted octanol–water partition coefficient (Wildman–Crippen LogP) is -1.06. The van der Waals surface area contributed by atoms with Crippen LogP contribution in [0, 0.1) is 0 Å². The Balaban J connectivity index is 1.62. The Kier molecular flexibility index (Phi) is 2.02. The van der Waals surface area contributed by atoms with Crippen LogP contribution >= 0.6 is 0 Å². The number of hydrogen-bond donors (Lipinski definition) is 2. The van der Waals surface area contributed by atoms with Crippen molar-refractivity contribution >= 4 is 5.91 Å². The molecular formula is C8H14N2O2. The predicted molar refractivity (Wildman–Crippen MR) is 43.6 cm³/mol. The van der Waals surface area contributed by atoms with Gasteiger partial charge in [0.15, 0.2) is 0 Å². The van der Waals surface area contributed by atoms with Crippen LogP contribution in [0.2, 0.25) is 0 Å². The Bertz CT molecular complexity index is 185. The summed E-state index contributed by atoms with van der Waals surface area (Å²) in [6, 6.07) is 0.448. The summed E-state index contributed by atoms with van der Waals surface area (Å²) in [7, 11) is 0. The van der Waals surface area contributed by atoms with E-state index in [2.05, 4.69) is 5.32 Å². The van der Waals surface area contributed by atoms with Crippen molar-refractivity contribution in [3.8, 4) is 0 Å². The van der Waals surface area contributed by atoms with Gasteiger partial charge >= 0.3 is 0 Å². The normalized spacial score (nSPS) is 25.1. The summed E-state index contributed by atoms with van der Waals surface area (Å²) in [5, 5.41) is 11.9. The molecule has 1 amide bonds. The molecule has 0 bridgehead atoms. The van der Waals surface area contributed by atoms with Crippen molar-refractivity contribution in [1.82, 2.24) is 10.2 Å². The smallest absolute Gasteiger partial charge is 0.234 e. The molecule has 4 nitrogen and oxygen atoms in total. The van der Waals surface area contributed by atoms with E-state index in [1.165, 1.54) is 0 Å². The summed E-state index contributed by atoms with van der Waals surface area (Å²) < 4.78 is 0. The van der Waals surface area contributed by atoms with Crippen LogP contribution < -0.4 is 5.32 Å². The standard InChI is InChI=1S/C8H14N2O2/c11-7-3-10(4-7)5-8(12)9-6-1-2-6/h6-7,11H,1-5H2,(H,9,12). The number of nitrogens with one attached hydrogen (secondary N) is 1. The molecule has 4 heteroatoms. The molecule has 0 aromatic carbocycles. The molecule has 0 aromatic heterocycles. The molecule has 0 aromatic rings. The maximum Gasteiger partial charge on any atom is 0.234 e. The van der Waals surface area contributed by atoms with E-state index in [0.29, 0.717) is 25.7 Å². The first kappa shape index (κ1) is 8.01. The van der Waals surface area contributed by atoms with Crippen LogP contribution in [0.15, 0.2) is 0 Å². The van der Waals surface area contributed by atoms with E-state index in [4.69, 9.17) is 5.11 Å². The fraction of sp³-hybridized carbons (Fsp3) is 0.875. The number of rotatable bonds is 3. The van der Waals surface area contributed by atoms with Gasteiger partial charge in [0, 0.05) is 19.1 Å². The van der Waals surface area contributed by atoms with Crippen molar-refractivity contribution in [2.45, 2.75) is 25.0 Å². The van der Waals surface area contributed by atoms with Crippen molar-refractivity contribution < 1.29 is 9.90 Å². The van der Waals surface area contributed by atoms with Crippen LogP contribution in [0.25, 0.3) is 0 Å². The van der Waals surface area contributed by atoms with Gasteiger partial charge < -0.3 is 10.4 Å². The maximum absolute atomic E-state index is 11.2. The summed E-state index contributed by atoms with van der Waals surface area (Å²) in [6.45, 7) is 1.75. The molecule has 1 saturated carbocycles. The molecule has 68 valence electrons. The van der Waals surface area contributed by atoms with Gasteiger partial charge in [-0.25, -0.2) is 0 Å². The topological polar surface area (TPSA) is 52.6 Å². The third kappa shape index (κ3) is 1.95. The van der Waals surface area contributed by atoms with Gasteiger partial charge in [-0.3, -0.25) is 9.69 Å². The molecule has 12 heavy (non-hydrogen) atoms. The van der Waals surface area contributed by atoms with Crippen LogP contribution in [0.3, 0.4) is 0 Å². The van der Waals surface area contributed by atoms with Gasteiger partial charge in [-0.15, -0.1) is 0 Å². The van der Waals surface area contributed by atoms with Crippen LogP contribution in [-0.2, 0) is 4.79 Å². The zero-order valence-electron chi connectivity index (χ0n) is 6.99. The fourth-order valence-corrected chi connectivity index (χ4v) is 1.38. The molecule has 1 aliphatic heterocycles. The number of aliphatic hydroxyl groups is 1. The third-order valence-electron chi connectivity index (χ3n) is 2.25. The minimum atomic E-state index is -0.210. The molecule has 2 aliphatic rings. The molecule has 1 heterocycles. The molecule has 2 N–H and O–H groups in total. The Labute approximate surface area is 71.5 Å². The van der Waals surface area contributed by atoms with Gasteiger partial charge in [-0.2, -0.15) is 0 Å². The lowest BCUT2D eigenvalue weighted by atomic mass is 10.2. The highest BCUT2D eigenvalue weighted by Crippen LogP contribution is 2.18. The number of amides is 1. The number of likely N-dealkylation sites (tertiary alicyclic amines) is 1. The zero-order valence-corrected chi connectivity index (χ0v) is 6.99. The summed E-state index contributed by atoms with van der Waals surface area (Å²) >= 11 is 0. The highest BCUT2D eigenvalue weighted by atomic mass is 16.3. The first-order valence-electron chi connectivity index (χ1n) is 4.44. The zero-order chi connectivity index (χ0) is 8.55. The summed E-state index contributed by atoms with van der Waals surface area (Å²) in [6.07, 6.45) is 2.06. The Hall–Kier alpha value is -0.610. The van der Waals surface area contributed by atoms with Crippen molar-refractivity contribution in [3.05, 3.63) is 0 Å². The lowest BCUT2D eigenvalue weighted by Crippen LogP contribution is -2.54. The van der Waals surface area contributed by atoms with E-state index >= 15 is 0 Å². The Morgan fingerprint density at radius 1 is 1.50 bits per heavy atom. The van der Waals surface area contributed by atoms with Crippen LogP contribution in [-0.4, -0.2) is 47.7 Å². The molecular weight excluding hydrogens is 156 g/mol. The molecule has 1 aliphatic carbocycles. The van der Waals surface area contributed by atoms with Crippen molar-refractivity contribution in [2.24, 2.45) is 0 Å². The van der Waals surface area contributed by atoms with E-state index in [-0.39, 0.29) is 12.0 Å². The third-order valence-corrected chi connectivity index (χ3v) is 2.25. The molecule has 1 saturated heterocycles. The summed E-state index contributed by atoms with van der Waals surface area (Å²) in [5.41, 5.74) is 0. The second-order valence-corrected chi connectivity index (χ2v) is 3.69. The SMILES string of the molecule is O=C(CN1CC(O)C1)NC1CC1. The van der Waals surface area contributed by atoms with Gasteiger partial charge in [0.2, 0.25) is 5.91 Å². The average molecular weight is 170 g/mol. The average Bonchev–Trinajstić information content (AvgIpc) is 2.68. The van der Waals surface area contributed by atoms with E-state index in [1.807, 2.05) is 4.90 Å². The highest BCUT2D eigenvalue weighted by molar-refractivity contribution is 5.78. The first-order valence-corrected chi connectivity index (χ1v) is 4.44. The minimum Gasteiger partial charge on any atom is -0.390 e. The molecule has 0 radical (unpaired) electrons. The van der Waals surface area contributed by atoms with Gasteiger partial charge in [-0.05, 0) is 12.8 Å². The minimum absolute atomic E-state index is 0.101. The second-order valence-electron chi connectivity index (χ2n) is 3.69. The lowest BCUT2D eigenvalue weighted by molar-refractivity contribution is -0.125. The number of aliphatic hydroxyl groups excluding tert-OH is 1. The van der Waals surface area contributed by atoms with Crippen LogP contribution in [0.4, 0.5) is 0 Å². The highest BCUT2D eigenvalue weighted by Gasteiger charge is 2.28. The fourth-order valence-electron chi connectivity index (χ4n) is 1.38. The number of carbonyl (C=O) groups is 1. The Morgan fingerprint density at radius 3 is 2.67 bits per heavy atom. The van der Waals surface area contributed by atoms with Crippen LogP contribution in [0.5, 0.6) is 0 Å². The van der Waals surface area contributed by atoms with Gasteiger partial charge in [-0.1, -0.05) is 0 Å². The maximum atomic E-state index is 11.2. The first-order chi connectivity index (χ1) is 5.74. The number of hydrogen-bond acceptors (Lipinski definition) is 3. The van der Waals surface area contributed by atoms with E-state index in [9.17, 15) is 4.79 Å². The van der Waals surface area contributed by atoms with Crippen LogP contribution in [0.1, 0.15) is 12.8 Å². The van der Waals surface area contributed by atoms with Gasteiger partial charge in [0.25, 0.3) is 0 Å². The monoisotopic (exact) mass is 170 g/mol. The largest absolute Gasteiger partial charge is 0.390 e. The summed E-state index contributed by atoms with van der Waals surface area (Å²) in [4.78, 5) is 13.1. The molecule has 0 atom stereocenters. The van der Waals surface area contributed by atoms with Crippen molar-refractivity contribution in [3.63, 3.8) is 0 Å². The Morgan fingerprint density at radius 2 is 2.17 bits per heavy atom. The second kappa shape index (κ2) is 3.03. The van der Waals surface area contributed by atoms with Crippen molar-refractivity contribution in [2.75, 3.05) is 19.6 Å². The van der Waals surface area contributed by atoms with E-state index in [0.717, 1.165) is 12.8 Å². The van der Waals surface area contributed by atoms with Gasteiger partial charge in [0.05, 0.1) is 12.6 Å².